The van der Waals surface area contributed by atoms with Crippen LogP contribution < -0.4 is 5.32 Å². The summed E-state index contributed by atoms with van der Waals surface area (Å²) in [5, 5.41) is 3.58. The van der Waals surface area contributed by atoms with E-state index in [1.807, 2.05) is 11.8 Å². The van der Waals surface area contributed by atoms with Gasteiger partial charge in [-0.3, -0.25) is 0 Å². The summed E-state index contributed by atoms with van der Waals surface area (Å²) in [6.07, 6.45) is 14.1. The third kappa shape index (κ3) is 4.38. The van der Waals surface area contributed by atoms with E-state index < -0.39 is 9.84 Å². The van der Waals surface area contributed by atoms with Crippen molar-refractivity contribution in [2.75, 3.05) is 19.1 Å². The first-order valence-electron chi connectivity index (χ1n) is 7.93. The van der Waals surface area contributed by atoms with Crippen LogP contribution in [0.2, 0.25) is 0 Å². The summed E-state index contributed by atoms with van der Waals surface area (Å²) in [4.78, 5) is 0. The molecule has 0 aromatic heterocycles. The smallest absolute Gasteiger partial charge is 0.150 e. The van der Waals surface area contributed by atoms with E-state index in [9.17, 15) is 8.42 Å². The largest absolute Gasteiger partial charge is 0.313 e. The van der Waals surface area contributed by atoms with Crippen molar-refractivity contribution in [2.45, 2.75) is 73.8 Å². The molecule has 0 radical (unpaired) electrons. The van der Waals surface area contributed by atoms with Gasteiger partial charge in [-0.2, -0.15) is 11.8 Å². The van der Waals surface area contributed by atoms with Crippen molar-refractivity contribution >= 4 is 21.6 Å². The average Bonchev–Trinajstić information content (AvgIpc) is 2.46. The van der Waals surface area contributed by atoms with Gasteiger partial charge >= 0.3 is 0 Å². The number of sulfone groups is 1. The maximum Gasteiger partial charge on any atom is 0.150 e. The quantitative estimate of drug-likeness (QED) is 0.846. The number of nitrogens with one attached hydrogen (secondary N) is 1. The van der Waals surface area contributed by atoms with Crippen LogP contribution in [0.15, 0.2) is 0 Å². The summed E-state index contributed by atoms with van der Waals surface area (Å²) < 4.78 is 23.8. The number of hydrogen-bond donors (Lipinski definition) is 1. The number of hydrogen-bond acceptors (Lipinski definition) is 4. The van der Waals surface area contributed by atoms with E-state index >= 15 is 0 Å². The van der Waals surface area contributed by atoms with Gasteiger partial charge in [-0.05, 0) is 38.4 Å². The van der Waals surface area contributed by atoms with Crippen molar-refractivity contribution in [1.29, 1.82) is 0 Å². The van der Waals surface area contributed by atoms with Crippen LogP contribution in [0.25, 0.3) is 0 Å². The lowest BCUT2D eigenvalue weighted by Crippen LogP contribution is -2.46. The molecule has 20 heavy (non-hydrogen) atoms. The molecule has 0 saturated heterocycles. The molecular formula is C15H29NO2S2. The Kier molecular flexibility index (Phi) is 5.83. The molecule has 0 bridgehead atoms. The van der Waals surface area contributed by atoms with Gasteiger partial charge in [0.05, 0.1) is 5.25 Å². The molecule has 2 aliphatic rings. The molecule has 1 N–H and O–H groups in total. The first-order chi connectivity index (χ1) is 9.45. The summed E-state index contributed by atoms with van der Waals surface area (Å²) in [6, 6.07) is 0.398. The van der Waals surface area contributed by atoms with Gasteiger partial charge in [-0.1, -0.05) is 25.7 Å². The normalized spacial score (nSPS) is 31.1. The molecule has 2 rings (SSSR count). The van der Waals surface area contributed by atoms with E-state index in [1.54, 1.807) is 0 Å². The van der Waals surface area contributed by atoms with Crippen molar-refractivity contribution in [3.8, 4) is 0 Å². The molecule has 2 fully saturated rings. The molecule has 2 saturated carbocycles. The van der Waals surface area contributed by atoms with E-state index in [-0.39, 0.29) is 5.25 Å². The molecule has 0 amide bonds. The van der Waals surface area contributed by atoms with Crippen LogP contribution in [0.1, 0.15) is 57.8 Å². The average molecular weight is 320 g/mol. The van der Waals surface area contributed by atoms with Crippen LogP contribution in [0.3, 0.4) is 0 Å². The van der Waals surface area contributed by atoms with E-state index in [0.717, 1.165) is 32.2 Å². The third-order valence-electron chi connectivity index (χ3n) is 5.14. The first-order valence-corrected chi connectivity index (χ1v) is 11.1. The standard InChI is InChI=1S/C15H29NO2S2/c1-19-15(9-4-3-5-10-15)12-16-13-7-6-8-14(11-13)20(2,17)18/h13-14,16H,3-12H2,1-2H3. The second kappa shape index (κ2) is 7.01. The highest BCUT2D eigenvalue weighted by molar-refractivity contribution is 8.00. The molecule has 118 valence electrons. The van der Waals surface area contributed by atoms with Crippen molar-refractivity contribution in [3.05, 3.63) is 0 Å². The highest BCUT2D eigenvalue weighted by Crippen LogP contribution is 2.38. The Balaban J connectivity index is 1.86. The van der Waals surface area contributed by atoms with Gasteiger partial charge < -0.3 is 5.32 Å². The van der Waals surface area contributed by atoms with Crippen molar-refractivity contribution in [1.82, 2.24) is 5.32 Å². The Morgan fingerprint density at radius 1 is 1.15 bits per heavy atom. The third-order valence-corrected chi connectivity index (χ3v) is 8.20. The van der Waals surface area contributed by atoms with Crippen molar-refractivity contribution < 1.29 is 8.42 Å². The van der Waals surface area contributed by atoms with Gasteiger partial charge in [-0.15, -0.1) is 0 Å². The highest BCUT2D eigenvalue weighted by atomic mass is 32.2. The van der Waals surface area contributed by atoms with E-state index in [1.165, 1.54) is 38.4 Å². The summed E-state index contributed by atoms with van der Waals surface area (Å²) >= 11 is 2.01. The molecule has 0 aliphatic heterocycles. The summed E-state index contributed by atoms with van der Waals surface area (Å²) in [5.74, 6) is 0. The van der Waals surface area contributed by atoms with Crippen LogP contribution >= 0.6 is 11.8 Å². The molecule has 5 heteroatoms. The summed E-state index contributed by atoms with van der Waals surface area (Å²) in [5.41, 5.74) is 0. The van der Waals surface area contributed by atoms with Gasteiger partial charge in [0.1, 0.15) is 9.84 Å². The summed E-state index contributed by atoms with van der Waals surface area (Å²) in [6.45, 7) is 1.05. The molecular weight excluding hydrogens is 290 g/mol. The molecule has 0 aromatic rings. The predicted octanol–water partition coefficient (Wildman–Crippen LogP) is 3.00. The minimum atomic E-state index is -2.87. The van der Waals surface area contributed by atoms with Crippen LogP contribution in [0, 0.1) is 0 Å². The topological polar surface area (TPSA) is 46.2 Å². The van der Waals surface area contributed by atoms with E-state index in [4.69, 9.17) is 0 Å². The van der Waals surface area contributed by atoms with Crippen LogP contribution in [-0.4, -0.2) is 43.5 Å². The highest BCUT2D eigenvalue weighted by Gasteiger charge is 2.33. The minimum absolute atomic E-state index is 0.120. The van der Waals surface area contributed by atoms with Gasteiger partial charge in [0.2, 0.25) is 0 Å². The fourth-order valence-electron chi connectivity index (χ4n) is 3.70. The lowest BCUT2D eigenvalue weighted by atomic mass is 9.87. The van der Waals surface area contributed by atoms with Gasteiger partial charge in [0.15, 0.2) is 0 Å². The predicted molar refractivity (Wildman–Crippen MR) is 88.2 cm³/mol. The van der Waals surface area contributed by atoms with Crippen LogP contribution in [0.5, 0.6) is 0 Å². The minimum Gasteiger partial charge on any atom is -0.313 e. The summed E-state index contributed by atoms with van der Waals surface area (Å²) in [7, 11) is -2.87. The van der Waals surface area contributed by atoms with Crippen molar-refractivity contribution in [3.63, 3.8) is 0 Å². The Bertz CT molecular complexity index is 402. The zero-order chi connectivity index (χ0) is 14.6. The van der Waals surface area contributed by atoms with E-state index in [0.29, 0.717) is 10.8 Å². The zero-order valence-corrected chi connectivity index (χ0v) is 14.5. The Morgan fingerprint density at radius 3 is 2.45 bits per heavy atom. The second-order valence-corrected chi connectivity index (χ2v) is 10.2. The maximum atomic E-state index is 11.7. The van der Waals surface area contributed by atoms with Crippen LogP contribution in [-0.2, 0) is 9.84 Å². The van der Waals surface area contributed by atoms with Gasteiger partial charge in [-0.25, -0.2) is 8.42 Å². The zero-order valence-electron chi connectivity index (χ0n) is 12.9. The molecule has 0 aromatic carbocycles. The van der Waals surface area contributed by atoms with Crippen LogP contribution in [0.4, 0.5) is 0 Å². The lowest BCUT2D eigenvalue weighted by Gasteiger charge is -2.38. The molecule has 2 unspecified atom stereocenters. The molecule has 2 aliphatic carbocycles. The number of rotatable bonds is 5. The molecule has 2 atom stereocenters. The molecule has 0 spiro atoms. The Morgan fingerprint density at radius 2 is 1.85 bits per heavy atom. The van der Waals surface area contributed by atoms with E-state index in [2.05, 4.69) is 11.6 Å². The monoisotopic (exact) mass is 319 g/mol. The Labute approximate surface area is 128 Å². The number of thioether (sulfide) groups is 1. The fraction of sp³-hybridized carbons (Fsp3) is 1.00. The fourth-order valence-corrected chi connectivity index (χ4v) is 5.80. The van der Waals surface area contributed by atoms with Crippen molar-refractivity contribution in [2.24, 2.45) is 0 Å². The first kappa shape index (κ1) is 16.6. The van der Waals surface area contributed by atoms with Gasteiger partial charge in [0.25, 0.3) is 0 Å². The SMILES string of the molecule is CSC1(CNC2CCCC(S(C)(=O)=O)C2)CCCCC1. The Hall–Kier alpha value is 0.260. The molecule has 3 nitrogen and oxygen atoms in total. The molecule has 0 heterocycles. The maximum absolute atomic E-state index is 11.7. The lowest BCUT2D eigenvalue weighted by molar-refractivity contribution is 0.323. The van der Waals surface area contributed by atoms with Gasteiger partial charge in [0, 0.05) is 23.6 Å². The second-order valence-electron chi connectivity index (χ2n) is 6.64.